The van der Waals surface area contributed by atoms with E-state index in [-0.39, 0.29) is 28.5 Å². The van der Waals surface area contributed by atoms with Crippen LogP contribution in [0.25, 0.3) is 22.6 Å². The second-order valence-electron chi connectivity index (χ2n) is 7.71. The van der Waals surface area contributed by atoms with Gasteiger partial charge in [-0.2, -0.15) is 5.21 Å². The molecule has 4 rings (SSSR count). The number of allylic oxidation sites excluding steroid dienone is 1. The number of aromatic nitrogens is 4. The highest BCUT2D eigenvalue weighted by Crippen LogP contribution is 2.26. The summed E-state index contributed by atoms with van der Waals surface area (Å²) in [6.45, 7) is 4.37. The van der Waals surface area contributed by atoms with E-state index in [1.807, 2.05) is 6.08 Å². The monoisotopic (exact) mass is 459 g/mol. The van der Waals surface area contributed by atoms with Gasteiger partial charge in [0, 0.05) is 11.6 Å². The predicted octanol–water partition coefficient (Wildman–Crippen LogP) is 4.74. The van der Waals surface area contributed by atoms with Gasteiger partial charge in [0.05, 0.1) is 17.7 Å². The number of carbonyl (C=O) groups is 1. The SMILES string of the molecule is C=CCCCCCCOc1ccc(C(=O)Nc2cccc3c(=O)cc(-c4nn[nH]n4)oc23)cc1. The van der Waals surface area contributed by atoms with Crippen molar-refractivity contribution in [2.45, 2.75) is 32.1 Å². The molecule has 0 fully saturated rings. The van der Waals surface area contributed by atoms with Crippen LogP contribution in [0, 0.1) is 0 Å². The summed E-state index contributed by atoms with van der Waals surface area (Å²) in [6, 6.07) is 13.2. The Labute approximate surface area is 195 Å². The lowest BCUT2D eigenvalue weighted by Gasteiger charge is -2.10. The third kappa shape index (κ3) is 5.55. The third-order valence-corrected chi connectivity index (χ3v) is 5.26. The minimum atomic E-state index is -0.339. The molecule has 0 aliphatic carbocycles. The van der Waals surface area contributed by atoms with Crippen molar-refractivity contribution in [2.75, 3.05) is 11.9 Å². The number of tetrazole rings is 1. The Morgan fingerprint density at radius 2 is 1.94 bits per heavy atom. The summed E-state index contributed by atoms with van der Waals surface area (Å²) in [7, 11) is 0. The van der Waals surface area contributed by atoms with Gasteiger partial charge in [-0.05, 0) is 60.9 Å². The van der Waals surface area contributed by atoms with Gasteiger partial charge in [-0.25, -0.2) is 0 Å². The van der Waals surface area contributed by atoms with Crippen molar-refractivity contribution >= 4 is 22.6 Å². The van der Waals surface area contributed by atoms with Gasteiger partial charge in [-0.3, -0.25) is 9.59 Å². The maximum absolute atomic E-state index is 12.8. The van der Waals surface area contributed by atoms with Gasteiger partial charge >= 0.3 is 0 Å². The van der Waals surface area contributed by atoms with Crippen molar-refractivity contribution in [1.29, 1.82) is 0 Å². The van der Waals surface area contributed by atoms with Crippen LogP contribution >= 0.6 is 0 Å². The van der Waals surface area contributed by atoms with Crippen molar-refractivity contribution in [3.63, 3.8) is 0 Å². The highest BCUT2D eigenvalue weighted by atomic mass is 16.5. The molecule has 0 saturated carbocycles. The molecule has 174 valence electrons. The van der Waals surface area contributed by atoms with Crippen LogP contribution in [0.5, 0.6) is 5.75 Å². The lowest BCUT2D eigenvalue weighted by Crippen LogP contribution is -2.13. The molecule has 2 N–H and O–H groups in total. The highest BCUT2D eigenvalue weighted by Gasteiger charge is 2.15. The topological polar surface area (TPSA) is 123 Å². The zero-order chi connectivity index (χ0) is 23.8. The van der Waals surface area contributed by atoms with Crippen molar-refractivity contribution in [3.8, 4) is 17.3 Å². The highest BCUT2D eigenvalue weighted by molar-refractivity contribution is 6.08. The van der Waals surface area contributed by atoms with Crippen LogP contribution in [-0.4, -0.2) is 33.1 Å². The van der Waals surface area contributed by atoms with E-state index in [0.717, 1.165) is 25.7 Å². The number of fused-ring (bicyclic) bond motifs is 1. The summed E-state index contributed by atoms with van der Waals surface area (Å²) in [5, 5.41) is 16.6. The molecule has 2 heterocycles. The zero-order valence-electron chi connectivity index (χ0n) is 18.6. The summed E-state index contributed by atoms with van der Waals surface area (Å²) in [5.74, 6) is 0.667. The van der Waals surface area contributed by atoms with Crippen LogP contribution in [0.3, 0.4) is 0 Å². The summed E-state index contributed by atoms with van der Waals surface area (Å²) < 4.78 is 11.6. The summed E-state index contributed by atoms with van der Waals surface area (Å²) >= 11 is 0. The van der Waals surface area contributed by atoms with Crippen LogP contribution in [-0.2, 0) is 0 Å². The first-order valence-electron chi connectivity index (χ1n) is 11.1. The van der Waals surface area contributed by atoms with Crippen molar-refractivity contribution in [3.05, 3.63) is 77.0 Å². The number of amides is 1. The van der Waals surface area contributed by atoms with Gasteiger partial charge in [0.1, 0.15) is 5.75 Å². The van der Waals surface area contributed by atoms with E-state index in [1.165, 1.54) is 12.5 Å². The van der Waals surface area contributed by atoms with Crippen molar-refractivity contribution < 1.29 is 13.9 Å². The van der Waals surface area contributed by atoms with Crippen LogP contribution < -0.4 is 15.5 Å². The molecule has 2 aromatic heterocycles. The number of hydrogen-bond donors (Lipinski definition) is 2. The average molecular weight is 460 g/mol. The summed E-state index contributed by atoms with van der Waals surface area (Å²) in [4.78, 5) is 25.4. The number of carbonyl (C=O) groups excluding carboxylic acids is 1. The molecule has 0 aliphatic heterocycles. The summed E-state index contributed by atoms with van der Waals surface area (Å²) in [5.41, 5.74) is 0.766. The molecule has 34 heavy (non-hydrogen) atoms. The van der Waals surface area contributed by atoms with Crippen molar-refractivity contribution in [2.24, 2.45) is 0 Å². The molecule has 0 saturated heterocycles. The van der Waals surface area contributed by atoms with Gasteiger partial charge in [0.2, 0.25) is 5.82 Å². The van der Waals surface area contributed by atoms with Crippen molar-refractivity contribution in [1.82, 2.24) is 20.6 Å². The second-order valence-corrected chi connectivity index (χ2v) is 7.71. The molecule has 9 heteroatoms. The first-order chi connectivity index (χ1) is 16.7. The number of nitrogens with zero attached hydrogens (tertiary/aromatic N) is 3. The van der Waals surface area contributed by atoms with E-state index >= 15 is 0 Å². The largest absolute Gasteiger partial charge is 0.494 e. The smallest absolute Gasteiger partial charge is 0.255 e. The van der Waals surface area contributed by atoms with E-state index in [2.05, 4.69) is 32.5 Å². The molecule has 0 aliphatic rings. The van der Waals surface area contributed by atoms with Gasteiger partial charge in [-0.15, -0.1) is 16.8 Å². The van der Waals surface area contributed by atoms with Crippen LogP contribution in [0.1, 0.15) is 42.5 Å². The minimum absolute atomic E-state index is 0.146. The van der Waals surface area contributed by atoms with Crippen LogP contribution in [0.2, 0.25) is 0 Å². The standard InChI is InChI=1S/C25H25N5O4/c1-2-3-4-5-6-7-15-33-18-13-11-17(12-14-18)25(32)26-20-10-8-9-19-21(31)16-22(34-23(19)20)24-27-29-30-28-24/h2,8-14,16H,1,3-7,15H2,(H,26,32)(H,27,28,29,30). The van der Waals surface area contributed by atoms with Gasteiger partial charge in [0.25, 0.3) is 5.91 Å². The summed E-state index contributed by atoms with van der Waals surface area (Å²) in [6.07, 6.45) is 7.42. The number of aromatic amines is 1. The van der Waals surface area contributed by atoms with Gasteiger partial charge in [-0.1, -0.05) is 25.0 Å². The fraction of sp³-hybridized carbons (Fsp3) is 0.240. The average Bonchev–Trinajstić information content (AvgIpc) is 3.39. The molecule has 9 nitrogen and oxygen atoms in total. The molecular weight excluding hydrogens is 434 g/mol. The Morgan fingerprint density at radius 1 is 1.12 bits per heavy atom. The quantitative estimate of drug-likeness (QED) is 0.245. The molecule has 0 atom stereocenters. The number of benzene rings is 2. The number of ether oxygens (including phenoxy) is 1. The van der Waals surface area contributed by atoms with E-state index in [0.29, 0.717) is 29.0 Å². The normalized spacial score (nSPS) is 10.8. The van der Waals surface area contributed by atoms with E-state index in [4.69, 9.17) is 9.15 Å². The number of unbranched alkanes of at least 4 members (excludes halogenated alkanes) is 4. The van der Waals surface area contributed by atoms with E-state index in [1.54, 1.807) is 42.5 Å². The Bertz CT molecular complexity index is 1310. The number of rotatable bonds is 11. The molecule has 0 bridgehead atoms. The Hall–Kier alpha value is -4.27. The fourth-order valence-corrected chi connectivity index (χ4v) is 3.48. The first-order valence-corrected chi connectivity index (χ1v) is 11.1. The van der Waals surface area contributed by atoms with Crippen LogP contribution in [0.4, 0.5) is 5.69 Å². The number of anilines is 1. The molecule has 2 aromatic carbocycles. The number of hydrogen-bond acceptors (Lipinski definition) is 7. The van der Waals surface area contributed by atoms with E-state index in [9.17, 15) is 9.59 Å². The molecule has 1 amide bonds. The number of para-hydroxylation sites is 1. The minimum Gasteiger partial charge on any atom is -0.494 e. The molecule has 0 radical (unpaired) electrons. The maximum Gasteiger partial charge on any atom is 0.255 e. The van der Waals surface area contributed by atoms with E-state index < -0.39 is 0 Å². The molecule has 0 unspecified atom stereocenters. The fourth-order valence-electron chi connectivity index (χ4n) is 3.48. The third-order valence-electron chi connectivity index (χ3n) is 5.26. The molecule has 4 aromatic rings. The maximum atomic E-state index is 12.8. The number of nitrogens with one attached hydrogen (secondary N) is 2. The molecule has 0 spiro atoms. The van der Waals surface area contributed by atoms with Gasteiger partial charge < -0.3 is 14.5 Å². The predicted molar refractivity (Wildman–Crippen MR) is 129 cm³/mol. The zero-order valence-corrected chi connectivity index (χ0v) is 18.6. The van der Waals surface area contributed by atoms with Crippen LogP contribution in [0.15, 0.2) is 70.4 Å². The first kappa shape index (κ1) is 22.9. The Kier molecular flexibility index (Phi) is 7.44. The Morgan fingerprint density at radius 3 is 2.71 bits per heavy atom. The lowest BCUT2D eigenvalue weighted by atomic mass is 10.1. The second kappa shape index (κ2) is 11.0. The number of H-pyrrole nitrogens is 1. The molecular formula is C25H25N5O4. The lowest BCUT2D eigenvalue weighted by molar-refractivity contribution is 0.102. The van der Waals surface area contributed by atoms with Gasteiger partial charge in [0.15, 0.2) is 16.8 Å². The Balaban J connectivity index is 1.42.